The Hall–Kier alpha value is -3.86. The van der Waals surface area contributed by atoms with Gasteiger partial charge in [-0.05, 0) is 37.6 Å². The standard InChI is InChI=1S/C26H22O5/c1-17-3-9-20(10-4-17)25(28)26(21-11-5-18(2)6-12-21)31-24(27)14-8-19-7-13-22-23(15-19)30-16-29-22/h3-15,26H,16H2,1-2H3/b14-8+/t26-/m0/s1. The molecule has 0 spiro atoms. The van der Waals surface area contributed by atoms with Crippen LogP contribution in [-0.4, -0.2) is 18.5 Å². The van der Waals surface area contributed by atoms with E-state index in [1.807, 2.05) is 44.2 Å². The zero-order chi connectivity index (χ0) is 21.8. The van der Waals surface area contributed by atoms with Crippen LogP contribution in [0, 0.1) is 13.8 Å². The summed E-state index contributed by atoms with van der Waals surface area (Å²) >= 11 is 0. The summed E-state index contributed by atoms with van der Waals surface area (Å²) in [6.07, 6.45) is 1.89. The third-order valence-electron chi connectivity index (χ3n) is 5.00. The Kier molecular flexibility index (Phi) is 5.85. The smallest absolute Gasteiger partial charge is 0.331 e. The molecule has 0 aliphatic carbocycles. The van der Waals surface area contributed by atoms with Crippen LogP contribution >= 0.6 is 0 Å². The monoisotopic (exact) mass is 414 g/mol. The van der Waals surface area contributed by atoms with Gasteiger partial charge in [0, 0.05) is 17.2 Å². The molecule has 0 saturated heterocycles. The number of carbonyl (C=O) groups excluding carboxylic acids is 2. The minimum atomic E-state index is -1.03. The zero-order valence-electron chi connectivity index (χ0n) is 17.3. The third kappa shape index (κ3) is 4.83. The van der Waals surface area contributed by atoms with Gasteiger partial charge in [0.15, 0.2) is 17.6 Å². The van der Waals surface area contributed by atoms with Crippen molar-refractivity contribution < 1.29 is 23.8 Å². The lowest BCUT2D eigenvalue weighted by Gasteiger charge is -2.17. The molecular formula is C26H22O5. The van der Waals surface area contributed by atoms with Crippen molar-refractivity contribution in [1.29, 1.82) is 0 Å². The molecule has 0 fully saturated rings. The summed E-state index contributed by atoms with van der Waals surface area (Å²) in [6.45, 7) is 4.09. The number of carbonyl (C=O) groups is 2. The molecule has 4 rings (SSSR count). The summed E-state index contributed by atoms with van der Waals surface area (Å²) in [7, 11) is 0. The van der Waals surface area contributed by atoms with E-state index in [1.165, 1.54) is 6.08 Å². The second-order valence-electron chi connectivity index (χ2n) is 7.40. The lowest BCUT2D eigenvalue weighted by atomic mass is 9.98. The molecule has 5 heteroatoms. The van der Waals surface area contributed by atoms with Crippen molar-refractivity contribution in [2.24, 2.45) is 0 Å². The first kappa shape index (κ1) is 20.4. The van der Waals surface area contributed by atoms with Gasteiger partial charge in [0.05, 0.1) is 0 Å². The highest BCUT2D eigenvalue weighted by atomic mass is 16.7. The van der Waals surface area contributed by atoms with Gasteiger partial charge in [-0.25, -0.2) is 4.79 Å². The number of aryl methyl sites for hydroxylation is 2. The van der Waals surface area contributed by atoms with E-state index in [0.29, 0.717) is 22.6 Å². The van der Waals surface area contributed by atoms with Gasteiger partial charge in [0.25, 0.3) is 0 Å². The van der Waals surface area contributed by atoms with Crippen molar-refractivity contribution >= 4 is 17.8 Å². The van der Waals surface area contributed by atoms with Gasteiger partial charge >= 0.3 is 5.97 Å². The second-order valence-corrected chi connectivity index (χ2v) is 7.40. The number of ketones is 1. The lowest BCUT2D eigenvalue weighted by molar-refractivity contribution is -0.141. The molecule has 0 amide bonds. The fraction of sp³-hybridized carbons (Fsp3) is 0.154. The van der Waals surface area contributed by atoms with Gasteiger partial charge in [0.2, 0.25) is 12.6 Å². The minimum Gasteiger partial charge on any atom is -0.454 e. The van der Waals surface area contributed by atoms with Crippen molar-refractivity contribution in [2.45, 2.75) is 20.0 Å². The SMILES string of the molecule is Cc1ccc(C(=O)[C@@H](OC(=O)/C=C/c2ccc3c(c2)OCO3)c2ccc(C)cc2)cc1. The summed E-state index contributed by atoms with van der Waals surface area (Å²) in [5.74, 6) is 0.419. The Bertz CT molecular complexity index is 1130. The number of benzene rings is 3. The molecule has 1 atom stereocenters. The van der Waals surface area contributed by atoms with Crippen molar-refractivity contribution in [2.75, 3.05) is 6.79 Å². The van der Waals surface area contributed by atoms with Crippen LogP contribution in [0.4, 0.5) is 0 Å². The number of rotatable bonds is 6. The molecule has 5 nitrogen and oxygen atoms in total. The number of hydrogen-bond donors (Lipinski definition) is 0. The number of esters is 1. The predicted molar refractivity (Wildman–Crippen MR) is 117 cm³/mol. The molecular weight excluding hydrogens is 392 g/mol. The van der Waals surface area contributed by atoms with E-state index in [4.69, 9.17) is 14.2 Å². The molecule has 1 aliphatic heterocycles. The largest absolute Gasteiger partial charge is 0.454 e. The van der Waals surface area contributed by atoms with Crippen molar-refractivity contribution in [3.05, 3.63) is 101 Å². The molecule has 31 heavy (non-hydrogen) atoms. The van der Waals surface area contributed by atoms with E-state index in [9.17, 15) is 9.59 Å². The van der Waals surface area contributed by atoms with Crippen LogP contribution in [0.5, 0.6) is 11.5 Å². The van der Waals surface area contributed by atoms with Crippen LogP contribution in [0.3, 0.4) is 0 Å². The van der Waals surface area contributed by atoms with Gasteiger partial charge in [-0.1, -0.05) is 65.7 Å². The van der Waals surface area contributed by atoms with Gasteiger partial charge in [-0.2, -0.15) is 0 Å². The molecule has 0 bridgehead atoms. The van der Waals surface area contributed by atoms with Gasteiger partial charge < -0.3 is 14.2 Å². The maximum atomic E-state index is 13.1. The Morgan fingerprint density at radius 3 is 2.23 bits per heavy atom. The van der Waals surface area contributed by atoms with Crippen LogP contribution < -0.4 is 9.47 Å². The van der Waals surface area contributed by atoms with Crippen LogP contribution in [0.15, 0.2) is 72.8 Å². The predicted octanol–water partition coefficient (Wildman–Crippen LogP) is 5.21. The van der Waals surface area contributed by atoms with Crippen LogP contribution in [0.25, 0.3) is 6.08 Å². The fourth-order valence-corrected chi connectivity index (χ4v) is 3.22. The van der Waals surface area contributed by atoms with E-state index in [-0.39, 0.29) is 12.6 Å². The highest BCUT2D eigenvalue weighted by molar-refractivity contribution is 6.01. The molecule has 0 N–H and O–H groups in total. The zero-order valence-corrected chi connectivity index (χ0v) is 17.3. The van der Waals surface area contributed by atoms with Gasteiger partial charge in [-0.3, -0.25) is 4.79 Å². The minimum absolute atomic E-state index is 0.184. The number of hydrogen-bond acceptors (Lipinski definition) is 5. The lowest BCUT2D eigenvalue weighted by Crippen LogP contribution is -2.19. The Labute approximate surface area is 180 Å². The maximum absolute atomic E-state index is 13.1. The summed E-state index contributed by atoms with van der Waals surface area (Å²) in [5.41, 5.74) is 3.98. The quantitative estimate of drug-likeness (QED) is 0.315. The van der Waals surface area contributed by atoms with Crippen molar-refractivity contribution in [1.82, 2.24) is 0 Å². The van der Waals surface area contributed by atoms with Crippen molar-refractivity contribution in [3.8, 4) is 11.5 Å². The van der Waals surface area contributed by atoms with E-state index < -0.39 is 12.1 Å². The topological polar surface area (TPSA) is 61.8 Å². The Balaban J connectivity index is 1.55. The molecule has 1 heterocycles. The fourth-order valence-electron chi connectivity index (χ4n) is 3.22. The van der Waals surface area contributed by atoms with E-state index >= 15 is 0 Å². The second kappa shape index (κ2) is 8.88. The van der Waals surface area contributed by atoms with Crippen LogP contribution in [-0.2, 0) is 9.53 Å². The number of ether oxygens (including phenoxy) is 3. The van der Waals surface area contributed by atoms with Crippen LogP contribution in [0.2, 0.25) is 0 Å². The maximum Gasteiger partial charge on any atom is 0.331 e. The molecule has 0 unspecified atom stereocenters. The third-order valence-corrected chi connectivity index (χ3v) is 5.00. The highest BCUT2D eigenvalue weighted by Gasteiger charge is 2.25. The molecule has 0 saturated carbocycles. The van der Waals surface area contributed by atoms with Gasteiger partial charge in [0.1, 0.15) is 0 Å². The van der Waals surface area contributed by atoms with Crippen LogP contribution in [0.1, 0.15) is 38.7 Å². The summed E-state index contributed by atoms with van der Waals surface area (Å²) in [5, 5.41) is 0. The van der Waals surface area contributed by atoms with E-state index in [1.54, 1.807) is 42.5 Å². The molecule has 1 aliphatic rings. The van der Waals surface area contributed by atoms with Crippen molar-refractivity contribution in [3.63, 3.8) is 0 Å². The average Bonchev–Trinajstić information content (AvgIpc) is 3.25. The number of Topliss-reactive ketones (excluding diaryl/α,β-unsaturated/α-hetero) is 1. The molecule has 3 aromatic rings. The molecule has 0 aromatic heterocycles. The molecule has 156 valence electrons. The Morgan fingerprint density at radius 1 is 0.871 bits per heavy atom. The summed E-state index contributed by atoms with van der Waals surface area (Å²) in [4.78, 5) is 25.7. The Morgan fingerprint density at radius 2 is 1.52 bits per heavy atom. The average molecular weight is 414 g/mol. The number of fused-ring (bicyclic) bond motifs is 1. The summed E-state index contributed by atoms with van der Waals surface area (Å²) in [6, 6.07) is 20.0. The molecule has 3 aromatic carbocycles. The summed E-state index contributed by atoms with van der Waals surface area (Å²) < 4.78 is 16.2. The van der Waals surface area contributed by atoms with E-state index in [2.05, 4.69) is 0 Å². The first-order valence-electron chi connectivity index (χ1n) is 9.95. The first-order chi connectivity index (χ1) is 15.0. The molecule has 0 radical (unpaired) electrons. The van der Waals surface area contributed by atoms with E-state index in [0.717, 1.165) is 16.7 Å². The first-order valence-corrected chi connectivity index (χ1v) is 9.95. The highest BCUT2D eigenvalue weighted by Crippen LogP contribution is 2.33. The normalized spacial score (nSPS) is 13.2. The van der Waals surface area contributed by atoms with Gasteiger partial charge in [-0.15, -0.1) is 0 Å².